The van der Waals surface area contributed by atoms with Gasteiger partial charge in [0.25, 0.3) is 0 Å². The molecule has 0 aliphatic heterocycles. The van der Waals surface area contributed by atoms with Crippen LogP contribution in [0.5, 0.6) is 0 Å². The average molecular weight is 215 g/mol. The fourth-order valence-electron chi connectivity index (χ4n) is 1.08. The third kappa shape index (κ3) is 5.79. The van der Waals surface area contributed by atoms with Gasteiger partial charge in [-0.2, -0.15) is 0 Å². The topological polar surface area (TPSA) is 91.3 Å². The van der Waals surface area contributed by atoms with E-state index in [1.807, 2.05) is 0 Å². The molecule has 0 aromatic rings. The fraction of sp³-hybridized carbons (Fsp3) is 0.667. The maximum atomic E-state index is 11.2. The number of nitrogens with one attached hydrogen (secondary N) is 3. The SMILES string of the molecule is CNC(=O)C(CCC(=N)OC(C)=O)NC. The molecule has 1 amide bonds. The van der Waals surface area contributed by atoms with Crippen LogP contribution in [0.2, 0.25) is 0 Å². The van der Waals surface area contributed by atoms with Gasteiger partial charge in [-0.1, -0.05) is 0 Å². The molecular formula is C9H17N3O3. The summed E-state index contributed by atoms with van der Waals surface area (Å²) in [5.74, 6) is -0.777. The second kappa shape index (κ2) is 6.94. The quantitative estimate of drug-likeness (QED) is 0.332. The highest BCUT2D eigenvalue weighted by molar-refractivity contribution is 5.86. The largest absolute Gasteiger partial charge is 0.412 e. The minimum atomic E-state index is -0.513. The number of rotatable bonds is 5. The van der Waals surface area contributed by atoms with Crippen molar-refractivity contribution in [2.75, 3.05) is 14.1 Å². The molecule has 0 aromatic carbocycles. The Hall–Kier alpha value is -1.43. The molecule has 1 unspecified atom stereocenters. The van der Waals surface area contributed by atoms with E-state index >= 15 is 0 Å². The molecule has 0 fully saturated rings. The number of hydrogen-bond acceptors (Lipinski definition) is 5. The first kappa shape index (κ1) is 13.6. The van der Waals surface area contributed by atoms with Crippen LogP contribution in [-0.2, 0) is 14.3 Å². The predicted molar refractivity (Wildman–Crippen MR) is 55.6 cm³/mol. The number of esters is 1. The molecule has 15 heavy (non-hydrogen) atoms. The van der Waals surface area contributed by atoms with Gasteiger partial charge >= 0.3 is 5.97 Å². The van der Waals surface area contributed by atoms with E-state index in [9.17, 15) is 9.59 Å². The van der Waals surface area contributed by atoms with Gasteiger partial charge in [0.05, 0.1) is 6.04 Å². The lowest BCUT2D eigenvalue weighted by atomic mass is 10.1. The zero-order valence-electron chi connectivity index (χ0n) is 9.22. The highest BCUT2D eigenvalue weighted by Gasteiger charge is 2.15. The van der Waals surface area contributed by atoms with E-state index < -0.39 is 5.97 Å². The zero-order valence-corrected chi connectivity index (χ0v) is 9.22. The van der Waals surface area contributed by atoms with Crippen molar-refractivity contribution in [3.63, 3.8) is 0 Å². The van der Waals surface area contributed by atoms with Gasteiger partial charge < -0.3 is 15.4 Å². The Morgan fingerprint density at radius 2 is 2.00 bits per heavy atom. The van der Waals surface area contributed by atoms with Crippen molar-refractivity contribution in [2.45, 2.75) is 25.8 Å². The summed E-state index contributed by atoms with van der Waals surface area (Å²) in [7, 11) is 3.21. The van der Waals surface area contributed by atoms with E-state index in [4.69, 9.17) is 5.41 Å². The minimum absolute atomic E-state index is 0.119. The number of carbonyl (C=O) groups excluding carboxylic acids is 2. The number of amides is 1. The molecule has 0 aromatic heterocycles. The number of ether oxygens (including phenoxy) is 1. The lowest BCUT2D eigenvalue weighted by molar-refractivity contribution is -0.133. The number of hydrogen-bond donors (Lipinski definition) is 3. The van der Waals surface area contributed by atoms with Crippen LogP contribution in [0, 0.1) is 5.41 Å². The van der Waals surface area contributed by atoms with Gasteiger partial charge in [0.1, 0.15) is 0 Å². The highest BCUT2D eigenvalue weighted by atomic mass is 16.5. The standard InChI is InChI=1S/C9H17N3O3/c1-6(13)15-8(10)5-4-7(11-2)9(14)12-3/h7,10-11H,4-5H2,1-3H3,(H,12,14). The van der Waals surface area contributed by atoms with Crippen molar-refractivity contribution in [3.05, 3.63) is 0 Å². The first-order chi connectivity index (χ1) is 7.01. The van der Waals surface area contributed by atoms with Crippen molar-refractivity contribution in [1.29, 1.82) is 5.41 Å². The molecule has 6 nitrogen and oxygen atoms in total. The van der Waals surface area contributed by atoms with Crippen molar-refractivity contribution in [1.82, 2.24) is 10.6 Å². The van der Waals surface area contributed by atoms with Gasteiger partial charge in [-0.05, 0) is 13.5 Å². The van der Waals surface area contributed by atoms with Crippen LogP contribution >= 0.6 is 0 Å². The molecule has 0 saturated carbocycles. The van der Waals surface area contributed by atoms with E-state index in [0.29, 0.717) is 6.42 Å². The maximum absolute atomic E-state index is 11.2. The van der Waals surface area contributed by atoms with Crippen molar-refractivity contribution in [2.24, 2.45) is 0 Å². The summed E-state index contributed by atoms with van der Waals surface area (Å²) >= 11 is 0. The molecule has 3 N–H and O–H groups in total. The van der Waals surface area contributed by atoms with Crippen LogP contribution in [0.15, 0.2) is 0 Å². The Morgan fingerprint density at radius 1 is 1.40 bits per heavy atom. The van der Waals surface area contributed by atoms with Crippen LogP contribution in [0.3, 0.4) is 0 Å². The molecule has 0 saturated heterocycles. The second-order valence-corrected chi connectivity index (χ2v) is 3.01. The summed E-state index contributed by atoms with van der Waals surface area (Å²) in [5.41, 5.74) is 0. The zero-order chi connectivity index (χ0) is 11.8. The second-order valence-electron chi connectivity index (χ2n) is 3.01. The summed E-state index contributed by atoms with van der Waals surface area (Å²) in [5, 5.41) is 12.6. The van der Waals surface area contributed by atoms with Crippen molar-refractivity contribution >= 4 is 17.8 Å². The molecule has 0 aliphatic carbocycles. The van der Waals surface area contributed by atoms with Crippen LogP contribution in [0.25, 0.3) is 0 Å². The minimum Gasteiger partial charge on any atom is -0.412 e. The average Bonchev–Trinajstić information content (AvgIpc) is 2.17. The summed E-state index contributed by atoms with van der Waals surface area (Å²) in [4.78, 5) is 21.7. The Morgan fingerprint density at radius 3 is 2.40 bits per heavy atom. The van der Waals surface area contributed by atoms with Crippen LogP contribution in [0.4, 0.5) is 0 Å². The third-order valence-electron chi connectivity index (χ3n) is 1.84. The summed E-state index contributed by atoms with van der Waals surface area (Å²) in [6, 6.07) is -0.370. The number of carbonyl (C=O) groups is 2. The molecule has 0 rings (SSSR count). The van der Waals surface area contributed by atoms with Gasteiger partial charge in [-0.25, -0.2) is 0 Å². The summed E-state index contributed by atoms with van der Waals surface area (Å²) in [6.45, 7) is 1.24. The first-order valence-corrected chi connectivity index (χ1v) is 4.66. The lowest BCUT2D eigenvalue weighted by Gasteiger charge is -2.13. The van der Waals surface area contributed by atoms with Gasteiger partial charge in [0, 0.05) is 20.4 Å². The van der Waals surface area contributed by atoms with Gasteiger partial charge in [0.2, 0.25) is 5.91 Å². The molecule has 6 heteroatoms. The fourth-order valence-corrected chi connectivity index (χ4v) is 1.08. The van der Waals surface area contributed by atoms with Crippen molar-refractivity contribution in [3.8, 4) is 0 Å². The Balaban J connectivity index is 3.95. The van der Waals surface area contributed by atoms with Gasteiger partial charge in [-0.3, -0.25) is 15.0 Å². The summed E-state index contributed by atoms with van der Waals surface area (Å²) < 4.78 is 4.54. The van der Waals surface area contributed by atoms with Crippen LogP contribution in [0.1, 0.15) is 19.8 Å². The molecule has 1 atom stereocenters. The van der Waals surface area contributed by atoms with E-state index in [0.717, 1.165) is 0 Å². The van der Waals surface area contributed by atoms with Crippen LogP contribution < -0.4 is 10.6 Å². The Kier molecular flexibility index (Phi) is 6.28. The monoisotopic (exact) mass is 215 g/mol. The maximum Gasteiger partial charge on any atom is 0.309 e. The van der Waals surface area contributed by atoms with Gasteiger partial charge in [-0.15, -0.1) is 0 Å². The lowest BCUT2D eigenvalue weighted by Crippen LogP contribution is -2.41. The van der Waals surface area contributed by atoms with E-state index in [1.165, 1.54) is 6.92 Å². The van der Waals surface area contributed by atoms with Crippen LogP contribution in [-0.4, -0.2) is 37.9 Å². The molecule has 0 aliphatic rings. The molecule has 0 spiro atoms. The van der Waals surface area contributed by atoms with E-state index in [1.54, 1.807) is 14.1 Å². The van der Waals surface area contributed by atoms with Crippen molar-refractivity contribution < 1.29 is 14.3 Å². The van der Waals surface area contributed by atoms with E-state index in [2.05, 4.69) is 15.4 Å². The molecule has 86 valence electrons. The molecule has 0 radical (unpaired) electrons. The number of likely N-dealkylation sites (N-methyl/N-ethyl adjacent to an activating group) is 2. The predicted octanol–water partition coefficient (Wildman–Crippen LogP) is -0.359. The Labute approximate surface area is 88.9 Å². The third-order valence-corrected chi connectivity index (χ3v) is 1.84. The first-order valence-electron chi connectivity index (χ1n) is 4.66. The van der Waals surface area contributed by atoms with Gasteiger partial charge in [0.15, 0.2) is 5.90 Å². The molecular weight excluding hydrogens is 198 g/mol. The smallest absolute Gasteiger partial charge is 0.309 e. The summed E-state index contributed by atoms with van der Waals surface area (Å²) in [6.07, 6.45) is 0.667. The highest BCUT2D eigenvalue weighted by Crippen LogP contribution is 1.99. The Bertz CT molecular complexity index is 253. The molecule has 0 bridgehead atoms. The molecule has 0 heterocycles. The normalized spacial score (nSPS) is 11.7. The van der Waals surface area contributed by atoms with E-state index in [-0.39, 0.29) is 24.3 Å².